The zero-order chi connectivity index (χ0) is 21.7. The molecule has 4 heteroatoms. The number of nitrogens with zero attached hydrogens (tertiary/aromatic N) is 2. The van der Waals surface area contributed by atoms with Crippen molar-refractivity contribution in [3.63, 3.8) is 0 Å². The summed E-state index contributed by atoms with van der Waals surface area (Å²) in [5.41, 5.74) is 5.25. The van der Waals surface area contributed by atoms with Gasteiger partial charge in [-0.1, -0.05) is 68.4 Å². The van der Waals surface area contributed by atoms with Crippen LogP contribution in [0.15, 0.2) is 78.9 Å². The summed E-state index contributed by atoms with van der Waals surface area (Å²) in [5, 5.41) is 0. The number of anilines is 3. The van der Waals surface area contributed by atoms with E-state index >= 15 is 0 Å². The van der Waals surface area contributed by atoms with Gasteiger partial charge in [0.2, 0.25) is 11.8 Å². The topological polar surface area (TPSA) is 40.6 Å². The standard InChI is InChI=1S/C15H13NO.C9H9NO.C2H6/c1-11-13-9-5-6-10-14(13)16(15(11)17)12-7-3-2-4-8-12;1-10-8-5-3-2-4-7(8)6-9(10)11;1-2/h2-11H,1H3;2-5H,6H2,1H3;1-2H3. The van der Waals surface area contributed by atoms with Crippen LogP contribution in [0.2, 0.25) is 0 Å². The van der Waals surface area contributed by atoms with Crippen molar-refractivity contribution in [3.05, 3.63) is 90.0 Å². The normalized spacial score (nSPS) is 16.2. The SMILES string of the molecule is CC.CC1C(=O)N(c2ccccc2)c2ccccc21.CN1C(=O)Cc2ccccc21. The molecule has 2 heterocycles. The minimum atomic E-state index is -0.0496. The Kier molecular flexibility index (Phi) is 6.68. The highest BCUT2D eigenvalue weighted by atomic mass is 16.2. The quantitative estimate of drug-likeness (QED) is 0.526. The van der Waals surface area contributed by atoms with Crippen LogP contribution < -0.4 is 9.80 Å². The van der Waals surface area contributed by atoms with E-state index in [-0.39, 0.29) is 17.7 Å². The molecular weight excluding hydrogens is 372 g/mol. The molecule has 3 aromatic rings. The molecule has 0 spiro atoms. The summed E-state index contributed by atoms with van der Waals surface area (Å²) in [6.07, 6.45) is 0.562. The summed E-state index contributed by atoms with van der Waals surface area (Å²) in [4.78, 5) is 27.0. The second-order valence-electron chi connectivity index (χ2n) is 7.05. The van der Waals surface area contributed by atoms with Gasteiger partial charge < -0.3 is 4.90 Å². The predicted octanol–water partition coefficient (Wildman–Crippen LogP) is 5.70. The Labute approximate surface area is 178 Å². The molecule has 0 fully saturated rings. The number of hydrogen-bond donors (Lipinski definition) is 0. The number of para-hydroxylation sites is 3. The van der Waals surface area contributed by atoms with Crippen LogP contribution in [0.25, 0.3) is 0 Å². The van der Waals surface area contributed by atoms with E-state index in [2.05, 4.69) is 0 Å². The summed E-state index contributed by atoms with van der Waals surface area (Å²) in [6, 6.07) is 25.7. The molecule has 2 aliphatic rings. The minimum Gasteiger partial charge on any atom is -0.315 e. The molecule has 3 aromatic carbocycles. The second kappa shape index (κ2) is 9.40. The monoisotopic (exact) mass is 400 g/mol. The van der Waals surface area contributed by atoms with Crippen LogP contribution in [0, 0.1) is 0 Å². The fourth-order valence-electron chi connectivity index (χ4n) is 3.75. The number of carbonyl (C=O) groups is 2. The molecule has 0 bridgehead atoms. The van der Waals surface area contributed by atoms with Gasteiger partial charge in [0, 0.05) is 18.4 Å². The zero-order valence-electron chi connectivity index (χ0n) is 18.0. The highest BCUT2D eigenvalue weighted by molar-refractivity contribution is 6.10. The Balaban J connectivity index is 0.000000170. The first-order valence-electron chi connectivity index (χ1n) is 10.4. The minimum absolute atomic E-state index is 0.0496. The van der Waals surface area contributed by atoms with Gasteiger partial charge in [-0.25, -0.2) is 0 Å². The van der Waals surface area contributed by atoms with Crippen molar-refractivity contribution in [2.24, 2.45) is 0 Å². The third kappa shape index (κ3) is 3.99. The van der Waals surface area contributed by atoms with E-state index in [1.807, 2.05) is 107 Å². The van der Waals surface area contributed by atoms with Crippen molar-refractivity contribution in [2.75, 3.05) is 16.8 Å². The maximum Gasteiger partial charge on any atom is 0.238 e. The van der Waals surface area contributed by atoms with Gasteiger partial charge in [0.1, 0.15) is 0 Å². The van der Waals surface area contributed by atoms with Gasteiger partial charge in [0.25, 0.3) is 0 Å². The second-order valence-corrected chi connectivity index (χ2v) is 7.05. The summed E-state index contributed by atoms with van der Waals surface area (Å²) < 4.78 is 0. The lowest BCUT2D eigenvalue weighted by Gasteiger charge is -2.17. The maximum atomic E-state index is 12.3. The first-order chi connectivity index (χ1) is 14.6. The molecule has 2 aliphatic heterocycles. The molecule has 4 nitrogen and oxygen atoms in total. The lowest BCUT2D eigenvalue weighted by Crippen LogP contribution is -2.22. The van der Waals surface area contributed by atoms with Crippen LogP contribution in [0.3, 0.4) is 0 Å². The van der Waals surface area contributed by atoms with E-state index in [9.17, 15) is 9.59 Å². The number of hydrogen-bond acceptors (Lipinski definition) is 2. The van der Waals surface area contributed by atoms with Gasteiger partial charge in [-0.05, 0) is 42.3 Å². The number of amides is 2. The van der Waals surface area contributed by atoms with Crippen molar-refractivity contribution in [1.82, 2.24) is 0 Å². The lowest BCUT2D eigenvalue weighted by atomic mass is 10.0. The molecular formula is C26H28N2O2. The molecule has 154 valence electrons. The highest BCUT2D eigenvalue weighted by Crippen LogP contribution is 2.41. The molecule has 1 atom stereocenters. The molecule has 0 aliphatic carbocycles. The van der Waals surface area contributed by atoms with Crippen LogP contribution in [0.1, 0.15) is 37.8 Å². The van der Waals surface area contributed by atoms with Gasteiger partial charge in [-0.15, -0.1) is 0 Å². The molecule has 0 radical (unpaired) electrons. The maximum absolute atomic E-state index is 12.3. The van der Waals surface area contributed by atoms with Gasteiger partial charge in [0.05, 0.1) is 18.0 Å². The fraction of sp³-hybridized carbons (Fsp3) is 0.231. The van der Waals surface area contributed by atoms with E-state index < -0.39 is 0 Å². The molecule has 0 aromatic heterocycles. The summed E-state index contributed by atoms with van der Waals surface area (Å²) >= 11 is 0. The fourth-order valence-corrected chi connectivity index (χ4v) is 3.75. The van der Waals surface area contributed by atoms with E-state index in [1.165, 1.54) is 0 Å². The lowest BCUT2D eigenvalue weighted by molar-refractivity contribution is -0.118. The summed E-state index contributed by atoms with van der Waals surface area (Å²) in [6.45, 7) is 5.96. The molecule has 0 N–H and O–H groups in total. The Hall–Kier alpha value is -3.40. The number of likely N-dealkylation sites (N-methyl/N-ethyl adjacent to an activating group) is 1. The first-order valence-corrected chi connectivity index (χ1v) is 10.4. The van der Waals surface area contributed by atoms with Gasteiger partial charge >= 0.3 is 0 Å². The Bertz CT molecular complexity index is 1030. The predicted molar refractivity (Wildman–Crippen MR) is 123 cm³/mol. The molecule has 0 saturated heterocycles. The Morgan fingerprint density at radius 3 is 2.00 bits per heavy atom. The van der Waals surface area contributed by atoms with E-state index in [0.29, 0.717) is 6.42 Å². The summed E-state index contributed by atoms with van der Waals surface area (Å²) in [7, 11) is 1.81. The van der Waals surface area contributed by atoms with Crippen LogP contribution in [-0.2, 0) is 16.0 Å². The molecule has 2 amide bonds. The highest BCUT2D eigenvalue weighted by Gasteiger charge is 2.34. The average Bonchev–Trinajstić information content (AvgIpc) is 3.23. The van der Waals surface area contributed by atoms with Crippen LogP contribution in [0.4, 0.5) is 17.1 Å². The van der Waals surface area contributed by atoms with Crippen molar-refractivity contribution in [2.45, 2.75) is 33.1 Å². The van der Waals surface area contributed by atoms with E-state index in [1.54, 1.807) is 9.80 Å². The van der Waals surface area contributed by atoms with Crippen LogP contribution in [-0.4, -0.2) is 18.9 Å². The third-order valence-electron chi connectivity index (χ3n) is 5.32. The van der Waals surface area contributed by atoms with Crippen molar-refractivity contribution in [1.29, 1.82) is 0 Å². The molecule has 0 saturated carbocycles. The molecule has 5 rings (SSSR count). The van der Waals surface area contributed by atoms with Gasteiger partial charge in [-0.3, -0.25) is 14.5 Å². The number of benzene rings is 3. The van der Waals surface area contributed by atoms with Crippen molar-refractivity contribution >= 4 is 28.9 Å². The smallest absolute Gasteiger partial charge is 0.238 e. The zero-order valence-corrected chi connectivity index (χ0v) is 18.0. The molecule has 1 unspecified atom stereocenters. The summed E-state index contributed by atoms with van der Waals surface area (Å²) in [5.74, 6) is 0.287. The van der Waals surface area contributed by atoms with Gasteiger partial charge in [0.15, 0.2) is 0 Å². The number of rotatable bonds is 1. The number of fused-ring (bicyclic) bond motifs is 2. The van der Waals surface area contributed by atoms with Crippen LogP contribution >= 0.6 is 0 Å². The van der Waals surface area contributed by atoms with Crippen molar-refractivity contribution < 1.29 is 9.59 Å². The average molecular weight is 401 g/mol. The van der Waals surface area contributed by atoms with Crippen LogP contribution in [0.5, 0.6) is 0 Å². The van der Waals surface area contributed by atoms with Gasteiger partial charge in [-0.2, -0.15) is 0 Å². The molecule has 30 heavy (non-hydrogen) atoms. The van der Waals surface area contributed by atoms with Crippen molar-refractivity contribution in [3.8, 4) is 0 Å². The van der Waals surface area contributed by atoms with E-state index in [4.69, 9.17) is 0 Å². The Morgan fingerprint density at radius 1 is 0.767 bits per heavy atom. The largest absolute Gasteiger partial charge is 0.315 e. The third-order valence-corrected chi connectivity index (χ3v) is 5.32. The first kappa shape index (κ1) is 21.3. The van der Waals surface area contributed by atoms with E-state index in [0.717, 1.165) is 28.2 Å². The Morgan fingerprint density at radius 2 is 1.33 bits per heavy atom. The number of carbonyl (C=O) groups excluding carboxylic acids is 2.